The van der Waals surface area contributed by atoms with Crippen LogP contribution in [0, 0.1) is 0 Å². The standard InChI is InChI=1S/C18H32N4O2/c1-19-17(24)18(8-4-3-5-9-18)22-10-6-7-15(22)16(23)21-13-11-20(2)12-14-21/h15H,3-14H2,1-2H3,(H,19,24). The fraction of sp³-hybridized carbons (Fsp3) is 0.889. The molecule has 1 atom stereocenters. The van der Waals surface area contributed by atoms with Gasteiger partial charge in [-0.05, 0) is 32.7 Å². The van der Waals surface area contributed by atoms with E-state index in [-0.39, 0.29) is 17.9 Å². The summed E-state index contributed by atoms with van der Waals surface area (Å²) in [6, 6.07) is -0.108. The van der Waals surface area contributed by atoms with Crippen LogP contribution in [-0.2, 0) is 9.59 Å². The first kappa shape index (κ1) is 17.7. The summed E-state index contributed by atoms with van der Waals surface area (Å²) < 4.78 is 0. The van der Waals surface area contributed by atoms with Crippen molar-refractivity contribution >= 4 is 11.8 Å². The van der Waals surface area contributed by atoms with Crippen molar-refractivity contribution in [2.75, 3.05) is 46.8 Å². The Labute approximate surface area is 145 Å². The third kappa shape index (κ3) is 3.18. The SMILES string of the molecule is CNC(=O)C1(N2CCCC2C(=O)N2CCN(C)CC2)CCCCC1. The monoisotopic (exact) mass is 336 g/mol. The minimum atomic E-state index is -0.462. The predicted octanol–water partition coefficient (Wildman–Crippen LogP) is 0.674. The lowest BCUT2D eigenvalue weighted by Crippen LogP contribution is -2.63. The molecule has 0 spiro atoms. The van der Waals surface area contributed by atoms with Crippen LogP contribution < -0.4 is 5.32 Å². The second kappa shape index (κ2) is 7.40. The summed E-state index contributed by atoms with van der Waals surface area (Å²) in [5.74, 6) is 0.356. The topological polar surface area (TPSA) is 55.9 Å². The number of amides is 2. The van der Waals surface area contributed by atoms with Crippen LogP contribution in [0.3, 0.4) is 0 Å². The minimum absolute atomic E-state index is 0.108. The van der Waals surface area contributed by atoms with Crippen LogP contribution in [0.5, 0.6) is 0 Å². The molecule has 2 heterocycles. The molecule has 0 bridgehead atoms. The van der Waals surface area contributed by atoms with E-state index in [0.717, 1.165) is 71.2 Å². The lowest BCUT2D eigenvalue weighted by Gasteiger charge is -2.46. The molecule has 6 heteroatoms. The van der Waals surface area contributed by atoms with E-state index in [2.05, 4.69) is 22.2 Å². The van der Waals surface area contributed by atoms with Crippen molar-refractivity contribution in [3.05, 3.63) is 0 Å². The van der Waals surface area contributed by atoms with Gasteiger partial charge in [-0.25, -0.2) is 0 Å². The van der Waals surface area contributed by atoms with Gasteiger partial charge in [0.25, 0.3) is 0 Å². The van der Waals surface area contributed by atoms with E-state index >= 15 is 0 Å². The molecule has 3 fully saturated rings. The summed E-state index contributed by atoms with van der Waals surface area (Å²) >= 11 is 0. The second-order valence-electron chi connectivity index (χ2n) is 7.65. The smallest absolute Gasteiger partial charge is 0.240 e. The van der Waals surface area contributed by atoms with E-state index in [4.69, 9.17) is 0 Å². The highest BCUT2D eigenvalue weighted by Gasteiger charge is 2.50. The molecule has 1 unspecified atom stereocenters. The zero-order chi connectivity index (χ0) is 17.2. The number of hydrogen-bond donors (Lipinski definition) is 1. The van der Waals surface area contributed by atoms with Crippen LogP contribution in [0.15, 0.2) is 0 Å². The van der Waals surface area contributed by atoms with Crippen molar-refractivity contribution in [1.29, 1.82) is 0 Å². The first-order valence-electron chi connectivity index (χ1n) is 9.55. The normalized spacial score (nSPS) is 28.8. The van der Waals surface area contributed by atoms with Crippen molar-refractivity contribution in [1.82, 2.24) is 20.0 Å². The average Bonchev–Trinajstić information content (AvgIpc) is 3.12. The van der Waals surface area contributed by atoms with Gasteiger partial charge in [0.05, 0.1) is 6.04 Å². The van der Waals surface area contributed by atoms with Crippen LogP contribution in [0.25, 0.3) is 0 Å². The van der Waals surface area contributed by atoms with Crippen LogP contribution in [0.2, 0.25) is 0 Å². The number of likely N-dealkylation sites (N-methyl/N-ethyl adjacent to an activating group) is 2. The van der Waals surface area contributed by atoms with Gasteiger partial charge in [-0.2, -0.15) is 0 Å². The Balaban J connectivity index is 1.78. The van der Waals surface area contributed by atoms with Crippen molar-refractivity contribution in [3.63, 3.8) is 0 Å². The highest BCUT2D eigenvalue weighted by molar-refractivity contribution is 5.88. The number of carbonyl (C=O) groups excluding carboxylic acids is 2. The number of nitrogens with one attached hydrogen (secondary N) is 1. The van der Waals surface area contributed by atoms with Gasteiger partial charge in [0.1, 0.15) is 5.54 Å². The molecule has 24 heavy (non-hydrogen) atoms. The highest BCUT2D eigenvalue weighted by Crippen LogP contribution is 2.39. The molecule has 1 N–H and O–H groups in total. The van der Waals surface area contributed by atoms with E-state index in [1.807, 2.05) is 4.90 Å². The summed E-state index contributed by atoms with van der Waals surface area (Å²) in [5, 5.41) is 2.89. The van der Waals surface area contributed by atoms with Crippen molar-refractivity contribution in [2.24, 2.45) is 0 Å². The number of nitrogens with zero attached hydrogens (tertiary/aromatic N) is 3. The van der Waals surface area contributed by atoms with Gasteiger partial charge >= 0.3 is 0 Å². The molecule has 3 aliphatic rings. The maximum Gasteiger partial charge on any atom is 0.240 e. The molecule has 6 nitrogen and oxygen atoms in total. The summed E-state index contributed by atoms with van der Waals surface area (Å²) in [6.45, 7) is 4.38. The van der Waals surface area contributed by atoms with Gasteiger partial charge in [0, 0.05) is 39.8 Å². The number of piperazine rings is 1. The largest absolute Gasteiger partial charge is 0.358 e. The molecule has 2 aliphatic heterocycles. The van der Waals surface area contributed by atoms with E-state index in [1.165, 1.54) is 6.42 Å². The average molecular weight is 336 g/mol. The summed E-state index contributed by atoms with van der Waals surface area (Å²) in [4.78, 5) is 32.5. The molecular formula is C18H32N4O2. The molecule has 3 rings (SSSR count). The minimum Gasteiger partial charge on any atom is -0.358 e. The number of rotatable bonds is 3. The lowest BCUT2D eigenvalue weighted by atomic mass is 9.79. The Kier molecular flexibility index (Phi) is 5.45. The van der Waals surface area contributed by atoms with Crippen molar-refractivity contribution < 1.29 is 9.59 Å². The molecule has 0 aromatic carbocycles. The van der Waals surface area contributed by atoms with E-state index < -0.39 is 5.54 Å². The van der Waals surface area contributed by atoms with Gasteiger partial charge in [-0.1, -0.05) is 19.3 Å². The van der Waals surface area contributed by atoms with Crippen LogP contribution in [-0.4, -0.2) is 84.9 Å². The maximum atomic E-state index is 13.1. The van der Waals surface area contributed by atoms with Gasteiger partial charge in [-0.3, -0.25) is 14.5 Å². The summed E-state index contributed by atoms with van der Waals surface area (Å²) in [7, 11) is 3.83. The van der Waals surface area contributed by atoms with Gasteiger partial charge in [0.2, 0.25) is 11.8 Å². The number of likely N-dealkylation sites (tertiary alicyclic amines) is 1. The van der Waals surface area contributed by atoms with Crippen molar-refractivity contribution in [3.8, 4) is 0 Å². The highest BCUT2D eigenvalue weighted by atomic mass is 16.2. The molecule has 2 amide bonds. The molecule has 2 saturated heterocycles. The Hall–Kier alpha value is -1.14. The Morgan fingerprint density at radius 3 is 2.25 bits per heavy atom. The first-order chi connectivity index (χ1) is 11.6. The third-order valence-corrected chi connectivity index (χ3v) is 6.23. The zero-order valence-electron chi connectivity index (χ0n) is 15.2. The number of carbonyl (C=O) groups is 2. The van der Waals surface area contributed by atoms with Crippen LogP contribution >= 0.6 is 0 Å². The number of hydrogen-bond acceptors (Lipinski definition) is 4. The Morgan fingerprint density at radius 2 is 1.62 bits per heavy atom. The van der Waals surface area contributed by atoms with Gasteiger partial charge < -0.3 is 15.1 Å². The Morgan fingerprint density at radius 1 is 0.958 bits per heavy atom. The summed E-state index contributed by atoms with van der Waals surface area (Å²) in [5.41, 5.74) is -0.462. The van der Waals surface area contributed by atoms with Crippen LogP contribution in [0.4, 0.5) is 0 Å². The molecule has 0 aromatic rings. The molecule has 0 radical (unpaired) electrons. The van der Waals surface area contributed by atoms with E-state index in [1.54, 1.807) is 7.05 Å². The predicted molar refractivity (Wildman–Crippen MR) is 93.7 cm³/mol. The lowest BCUT2D eigenvalue weighted by molar-refractivity contribution is -0.146. The van der Waals surface area contributed by atoms with E-state index in [9.17, 15) is 9.59 Å². The molecule has 0 aromatic heterocycles. The quantitative estimate of drug-likeness (QED) is 0.823. The molecular weight excluding hydrogens is 304 g/mol. The fourth-order valence-corrected chi connectivity index (χ4v) is 4.79. The third-order valence-electron chi connectivity index (χ3n) is 6.23. The second-order valence-corrected chi connectivity index (χ2v) is 7.65. The zero-order valence-corrected chi connectivity index (χ0v) is 15.2. The van der Waals surface area contributed by atoms with Crippen LogP contribution in [0.1, 0.15) is 44.9 Å². The summed E-state index contributed by atoms with van der Waals surface area (Å²) in [6.07, 6.45) is 7.05. The maximum absolute atomic E-state index is 13.1. The Bertz CT molecular complexity index is 468. The molecule has 1 saturated carbocycles. The molecule has 136 valence electrons. The van der Waals surface area contributed by atoms with E-state index in [0.29, 0.717) is 0 Å². The van der Waals surface area contributed by atoms with Gasteiger partial charge in [-0.15, -0.1) is 0 Å². The van der Waals surface area contributed by atoms with Crippen molar-refractivity contribution in [2.45, 2.75) is 56.5 Å². The first-order valence-corrected chi connectivity index (χ1v) is 9.55. The fourth-order valence-electron chi connectivity index (χ4n) is 4.79. The van der Waals surface area contributed by atoms with Gasteiger partial charge in [0.15, 0.2) is 0 Å². The molecule has 1 aliphatic carbocycles.